The summed E-state index contributed by atoms with van der Waals surface area (Å²) in [5.74, 6) is -0.0326. The van der Waals surface area contributed by atoms with Crippen LogP contribution in [0.25, 0.3) is 0 Å². The highest BCUT2D eigenvalue weighted by atomic mass is 79.9. The van der Waals surface area contributed by atoms with Gasteiger partial charge in [-0.25, -0.2) is 9.97 Å². The number of rotatable bonds is 2. The molecule has 1 saturated carbocycles. The third-order valence-electron chi connectivity index (χ3n) is 5.72. The predicted molar refractivity (Wildman–Crippen MR) is 105 cm³/mol. The van der Waals surface area contributed by atoms with E-state index in [4.69, 9.17) is 4.74 Å². The molecule has 2 aliphatic heterocycles. The predicted octanol–water partition coefficient (Wildman–Crippen LogP) is 3.74. The van der Waals surface area contributed by atoms with E-state index in [-0.39, 0.29) is 35.4 Å². The summed E-state index contributed by atoms with van der Waals surface area (Å²) in [6.07, 6.45) is 6.64. The highest BCUT2D eigenvalue weighted by molar-refractivity contribution is 9.10. The molecule has 6 nitrogen and oxygen atoms in total. The summed E-state index contributed by atoms with van der Waals surface area (Å²) in [7, 11) is 0. The highest BCUT2D eigenvalue weighted by Crippen LogP contribution is 2.47. The normalized spacial score (nSPS) is 26.8. The number of carbonyl (C=O) groups excluding carboxylic acids is 2. The van der Waals surface area contributed by atoms with Crippen LogP contribution in [0.5, 0.6) is 0 Å². The Morgan fingerprint density at radius 2 is 1.75 bits per heavy atom. The Balaban J connectivity index is 1.66. The third kappa shape index (κ3) is 2.68. The van der Waals surface area contributed by atoms with Gasteiger partial charge < -0.3 is 4.74 Å². The molecule has 142 valence electrons. The minimum Gasteiger partial charge on any atom is -0.483 e. The Bertz CT molecular complexity index is 974. The number of carbonyl (C=O) groups is 2. The molecule has 7 heteroatoms. The number of amides is 1. The van der Waals surface area contributed by atoms with E-state index in [0.29, 0.717) is 5.57 Å². The second-order valence-corrected chi connectivity index (χ2v) is 8.25. The lowest BCUT2D eigenvalue weighted by atomic mass is 9.77. The van der Waals surface area contributed by atoms with E-state index >= 15 is 0 Å². The van der Waals surface area contributed by atoms with Crippen molar-refractivity contribution in [1.82, 2.24) is 9.97 Å². The fourth-order valence-corrected chi connectivity index (χ4v) is 4.69. The van der Waals surface area contributed by atoms with Gasteiger partial charge in [0.25, 0.3) is 5.91 Å². The average Bonchev–Trinajstić information content (AvgIpc) is 3.02. The molecular weight excluding hydrogens is 422 g/mol. The minimum absolute atomic E-state index is 0.0330. The number of halogens is 1. The lowest BCUT2D eigenvalue weighted by Crippen LogP contribution is -2.39. The maximum atomic E-state index is 13.4. The molecule has 0 N–H and O–H groups in total. The topological polar surface area (TPSA) is 72.4 Å². The first-order valence-corrected chi connectivity index (χ1v) is 10.3. The molecule has 0 spiro atoms. The molecule has 1 aliphatic carbocycles. The zero-order chi connectivity index (χ0) is 19.3. The van der Waals surface area contributed by atoms with Gasteiger partial charge in [0.15, 0.2) is 11.5 Å². The van der Waals surface area contributed by atoms with E-state index < -0.39 is 6.04 Å². The van der Waals surface area contributed by atoms with Crippen molar-refractivity contribution in [3.8, 4) is 0 Å². The number of fused-ring (bicyclic) bond motifs is 1. The van der Waals surface area contributed by atoms with Crippen LogP contribution in [-0.2, 0) is 14.3 Å². The van der Waals surface area contributed by atoms with Gasteiger partial charge in [-0.15, -0.1) is 0 Å². The summed E-state index contributed by atoms with van der Waals surface area (Å²) < 4.78 is 7.05. The number of nitrogens with zero attached hydrogens (tertiary/aromatic N) is 3. The Kier molecular flexibility index (Phi) is 4.27. The molecule has 1 fully saturated rings. The Morgan fingerprint density at radius 1 is 1.04 bits per heavy atom. The van der Waals surface area contributed by atoms with E-state index in [2.05, 4.69) is 25.9 Å². The van der Waals surface area contributed by atoms with Crippen molar-refractivity contribution in [3.05, 3.63) is 64.1 Å². The van der Waals surface area contributed by atoms with Gasteiger partial charge in [-0.05, 0) is 43.0 Å². The van der Waals surface area contributed by atoms with Gasteiger partial charge in [-0.1, -0.05) is 34.5 Å². The van der Waals surface area contributed by atoms with Gasteiger partial charge in [0.05, 0.1) is 17.5 Å². The summed E-state index contributed by atoms with van der Waals surface area (Å²) in [5, 5.41) is 0. The number of benzene rings is 1. The summed E-state index contributed by atoms with van der Waals surface area (Å²) in [4.78, 5) is 36.8. The number of ether oxygens (including phenoxy) is 1. The molecule has 1 aromatic carbocycles. The van der Waals surface area contributed by atoms with Crippen molar-refractivity contribution in [2.24, 2.45) is 5.92 Å². The van der Waals surface area contributed by atoms with Crippen LogP contribution in [0.4, 0.5) is 5.95 Å². The largest absolute Gasteiger partial charge is 0.483 e. The van der Waals surface area contributed by atoms with Crippen molar-refractivity contribution in [3.63, 3.8) is 0 Å². The first-order valence-electron chi connectivity index (χ1n) is 9.46. The smallest absolute Gasteiger partial charge is 0.297 e. The molecule has 1 amide bonds. The van der Waals surface area contributed by atoms with Gasteiger partial charge in [0.2, 0.25) is 5.95 Å². The first kappa shape index (κ1) is 17.6. The van der Waals surface area contributed by atoms with Crippen molar-refractivity contribution >= 4 is 33.6 Å². The van der Waals surface area contributed by atoms with Crippen LogP contribution >= 0.6 is 15.9 Å². The fourth-order valence-electron chi connectivity index (χ4n) is 4.43. The fraction of sp³-hybridized carbons (Fsp3) is 0.333. The van der Waals surface area contributed by atoms with Crippen LogP contribution in [0.3, 0.4) is 0 Å². The van der Waals surface area contributed by atoms with Crippen LogP contribution in [-0.4, -0.2) is 27.8 Å². The molecular formula is C21H18BrN3O3. The molecule has 3 aliphatic rings. The maximum Gasteiger partial charge on any atom is 0.297 e. The number of hydrogen-bond donors (Lipinski definition) is 0. The third-order valence-corrected chi connectivity index (χ3v) is 6.25. The van der Waals surface area contributed by atoms with Gasteiger partial charge in [0, 0.05) is 16.9 Å². The molecule has 1 aromatic heterocycles. The highest BCUT2D eigenvalue weighted by Gasteiger charge is 2.53. The van der Waals surface area contributed by atoms with E-state index in [1.165, 1.54) is 4.90 Å². The molecule has 0 bridgehead atoms. The molecule has 5 rings (SSSR count). The quantitative estimate of drug-likeness (QED) is 0.712. The maximum absolute atomic E-state index is 13.4. The summed E-state index contributed by atoms with van der Waals surface area (Å²) in [6, 6.07) is 8.75. The zero-order valence-corrected chi connectivity index (χ0v) is 16.6. The van der Waals surface area contributed by atoms with Crippen LogP contribution in [0, 0.1) is 5.92 Å². The average molecular weight is 440 g/mol. The van der Waals surface area contributed by atoms with Crippen LogP contribution in [0.15, 0.2) is 58.5 Å². The second-order valence-electron chi connectivity index (χ2n) is 7.33. The number of anilines is 1. The van der Waals surface area contributed by atoms with E-state index in [9.17, 15) is 9.59 Å². The van der Waals surface area contributed by atoms with Crippen molar-refractivity contribution < 1.29 is 14.3 Å². The Labute approximate surface area is 170 Å². The molecule has 0 radical (unpaired) electrons. The van der Waals surface area contributed by atoms with Crippen molar-refractivity contribution in [2.75, 3.05) is 4.90 Å². The summed E-state index contributed by atoms with van der Waals surface area (Å²) in [6.45, 7) is 0. The molecule has 2 aromatic rings. The molecule has 0 saturated heterocycles. The van der Waals surface area contributed by atoms with Crippen molar-refractivity contribution in [2.45, 2.75) is 37.8 Å². The molecule has 28 heavy (non-hydrogen) atoms. The van der Waals surface area contributed by atoms with E-state index in [1.807, 2.05) is 24.3 Å². The van der Waals surface area contributed by atoms with Gasteiger partial charge >= 0.3 is 0 Å². The first-order chi connectivity index (χ1) is 13.6. The van der Waals surface area contributed by atoms with Crippen LogP contribution in [0.1, 0.15) is 37.3 Å². The number of aromatic nitrogens is 2. The van der Waals surface area contributed by atoms with Crippen molar-refractivity contribution in [1.29, 1.82) is 0 Å². The Hall–Kier alpha value is -2.54. The van der Waals surface area contributed by atoms with Crippen LogP contribution < -0.4 is 4.90 Å². The molecule has 3 atom stereocenters. The second kappa shape index (κ2) is 6.81. The summed E-state index contributed by atoms with van der Waals surface area (Å²) in [5.41, 5.74) is 1.28. The Morgan fingerprint density at radius 3 is 2.50 bits per heavy atom. The number of Topliss-reactive ketones (excluding diaryl/α,β-unsaturated/α-hetero) is 1. The van der Waals surface area contributed by atoms with Gasteiger partial charge in [-0.3, -0.25) is 14.5 Å². The molecule has 3 heterocycles. The summed E-state index contributed by atoms with van der Waals surface area (Å²) >= 11 is 3.44. The van der Waals surface area contributed by atoms with Crippen LogP contribution in [0.2, 0.25) is 0 Å². The SMILES string of the molecule is O=C1C2=C(OC3CCCCC13)C(=O)N(c1ncccn1)C2c1ccc(Br)cc1. The lowest BCUT2D eigenvalue weighted by Gasteiger charge is -2.35. The number of hydrogen-bond acceptors (Lipinski definition) is 5. The standard InChI is InChI=1S/C21H18BrN3O3/c22-13-8-6-12(7-9-13)17-16-18(26)14-4-1-2-5-15(14)28-19(16)20(27)25(17)21-23-10-3-11-24-21/h3,6-11,14-15,17H,1-2,4-5H2. The van der Waals surface area contributed by atoms with Gasteiger partial charge in [0.1, 0.15) is 6.10 Å². The monoisotopic (exact) mass is 439 g/mol. The van der Waals surface area contributed by atoms with E-state index in [0.717, 1.165) is 35.7 Å². The molecule has 3 unspecified atom stereocenters. The van der Waals surface area contributed by atoms with Gasteiger partial charge in [-0.2, -0.15) is 0 Å². The number of ketones is 1. The van der Waals surface area contributed by atoms with E-state index in [1.54, 1.807) is 18.5 Å². The zero-order valence-electron chi connectivity index (χ0n) is 15.0. The lowest BCUT2D eigenvalue weighted by molar-refractivity contribution is -0.131. The minimum atomic E-state index is -0.576.